The molecule has 2 nitrogen and oxygen atoms in total. The highest BCUT2D eigenvalue weighted by Gasteiger charge is 2.34. The molecule has 70 valence electrons. The molecule has 1 aliphatic rings. The maximum atomic E-state index is 13.2. The maximum Gasteiger partial charge on any atom is 0.130 e. The molecule has 1 heterocycles. The number of ether oxygens (including phenoxy) is 1. The van der Waals surface area contributed by atoms with Crippen LogP contribution in [0.2, 0.25) is 0 Å². The molecule has 0 fully saturated rings. The monoisotopic (exact) mass is 181 g/mol. The minimum Gasteiger partial charge on any atom is -0.486 e. The van der Waals surface area contributed by atoms with Gasteiger partial charge < -0.3 is 10.5 Å². The van der Waals surface area contributed by atoms with E-state index in [1.165, 1.54) is 6.07 Å². The van der Waals surface area contributed by atoms with Crippen molar-refractivity contribution in [3.63, 3.8) is 0 Å². The summed E-state index contributed by atoms with van der Waals surface area (Å²) < 4.78 is 18.8. The molecule has 1 aliphatic heterocycles. The average molecular weight is 181 g/mol. The summed E-state index contributed by atoms with van der Waals surface area (Å²) in [5.41, 5.74) is 5.77. The van der Waals surface area contributed by atoms with Crippen molar-refractivity contribution in [3.05, 3.63) is 29.6 Å². The van der Waals surface area contributed by atoms with Crippen LogP contribution in [0.3, 0.4) is 0 Å². The highest BCUT2D eigenvalue weighted by Crippen LogP contribution is 2.35. The molecule has 0 saturated carbocycles. The van der Waals surface area contributed by atoms with E-state index in [0.29, 0.717) is 24.3 Å². The predicted octanol–water partition coefficient (Wildman–Crippen LogP) is 1.48. The Labute approximate surface area is 76.5 Å². The quantitative estimate of drug-likeness (QED) is 0.712. The summed E-state index contributed by atoms with van der Waals surface area (Å²) in [6, 6.07) is 4.88. The van der Waals surface area contributed by atoms with Crippen molar-refractivity contribution >= 4 is 0 Å². The molecule has 0 amide bonds. The van der Waals surface area contributed by atoms with Gasteiger partial charge in [0.05, 0.1) is 0 Å². The number of nitrogens with two attached hydrogens (primary N) is 1. The third-order valence-electron chi connectivity index (χ3n) is 2.41. The largest absolute Gasteiger partial charge is 0.486 e. The minimum atomic E-state index is -0.426. The van der Waals surface area contributed by atoms with Gasteiger partial charge in [0.1, 0.15) is 17.2 Å². The molecule has 0 radical (unpaired) electrons. The van der Waals surface area contributed by atoms with Gasteiger partial charge in [0.25, 0.3) is 0 Å². The van der Waals surface area contributed by atoms with E-state index in [9.17, 15) is 4.39 Å². The molecule has 0 aromatic heterocycles. The SMILES string of the molecule is CC1(CN)Cc2c(F)cccc2O1. The van der Waals surface area contributed by atoms with Crippen LogP contribution in [0, 0.1) is 5.82 Å². The van der Waals surface area contributed by atoms with Gasteiger partial charge in [-0.25, -0.2) is 4.39 Å². The second-order valence-corrected chi connectivity index (χ2v) is 3.65. The van der Waals surface area contributed by atoms with E-state index in [4.69, 9.17) is 10.5 Å². The average Bonchev–Trinajstić information content (AvgIpc) is 2.45. The summed E-state index contributed by atoms with van der Waals surface area (Å²) in [6.07, 6.45) is 0.561. The first kappa shape index (κ1) is 8.51. The lowest BCUT2D eigenvalue weighted by Crippen LogP contribution is -2.38. The molecule has 1 aromatic rings. The van der Waals surface area contributed by atoms with Crippen molar-refractivity contribution in [3.8, 4) is 5.75 Å². The molecule has 1 unspecified atom stereocenters. The Morgan fingerprint density at radius 2 is 2.38 bits per heavy atom. The molecular weight excluding hydrogens is 169 g/mol. The minimum absolute atomic E-state index is 0.199. The lowest BCUT2D eigenvalue weighted by Gasteiger charge is -2.20. The molecule has 2 rings (SSSR count). The van der Waals surface area contributed by atoms with Crippen molar-refractivity contribution in [1.82, 2.24) is 0 Å². The number of benzene rings is 1. The van der Waals surface area contributed by atoms with Gasteiger partial charge in [-0.3, -0.25) is 0 Å². The van der Waals surface area contributed by atoms with Crippen LogP contribution in [0.4, 0.5) is 4.39 Å². The van der Waals surface area contributed by atoms with E-state index < -0.39 is 5.60 Å². The van der Waals surface area contributed by atoms with Gasteiger partial charge in [0, 0.05) is 18.5 Å². The third kappa shape index (κ3) is 1.29. The zero-order valence-corrected chi connectivity index (χ0v) is 7.51. The first-order valence-electron chi connectivity index (χ1n) is 4.31. The normalized spacial score (nSPS) is 25.5. The lowest BCUT2D eigenvalue weighted by atomic mass is 9.99. The van der Waals surface area contributed by atoms with Crippen molar-refractivity contribution in [2.45, 2.75) is 18.9 Å². The summed E-state index contributed by atoms with van der Waals surface area (Å²) in [4.78, 5) is 0. The molecular formula is C10H12FNO. The molecule has 0 bridgehead atoms. The first-order chi connectivity index (χ1) is 6.14. The summed E-state index contributed by atoms with van der Waals surface area (Å²) in [6.45, 7) is 2.30. The summed E-state index contributed by atoms with van der Waals surface area (Å²) in [5, 5.41) is 0. The van der Waals surface area contributed by atoms with Crippen LogP contribution >= 0.6 is 0 Å². The lowest BCUT2D eigenvalue weighted by molar-refractivity contribution is 0.125. The van der Waals surface area contributed by atoms with E-state index in [1.54, 1.807) is 12.1 Å². The Kier molecular flexibility index (Phi) is 1.77. The number of halogens is 1. The summed E-state index contributed by atoms with van der Waals surface area (Å²) >= 11 is 0. The maximum absolute atomic E-state index is 13.2. The van der Waals surface area contributed by atoms with Gasteiger partial charge >= 0.3 is 0 Å². The van der Waals surface area contributed by atoms with Gasteiger partial charge in [-0.1, -0.05) is 6.07 Å². The van der Waals surface area contributed by atoms with Crippen LogP contribution in [-0.4, -0.2) is 12.1 Å². The van der Waals surface area contributed by atoms with Crippen LogP contribution in [0.5, 0.6) is 5.75 Å². The molecule has 3 heteroatoms. The van der Waals surface area contributed by atoms with E-state index >= 15 is 0 Å². The number of hydrogen-bond donors (Lipinski definition) is 1. The van der Waals surface area contributed by atoms with Crippen molar-refractivity contribution in [1.29, 1.82) is 0 Å². The Hall–Kier alpha value is -1.09. The fourth-order valence-electron chi connectivity index (χ4n) is 1.60. The van der Waals surface area contributed by atoms with E-state index in [-0.39, 0.29) is 5.82 Å². The van der Waals surface area contributed by atoms with E-state index in [0.717, 1.165) is 0 Å². The van der Waals surface area contributed by atoms with Gasteiger partial charge in [0.2, 0.25) is 0 Å². The number of hydrogen-bond acceptors (Lipinski definition) is 2. The van der Waals surface area contributed by atoms with Crippen LogP contribution in [-0.2, 0) is 6.42 Å². The summed E-state index contributed by atoms with van der Waals surface area (Å²) in [7, 11) is 0. The highest BCUT2D eigenvalue weighted by molar-refractivity contribution is 5.40. The summed E-state index contributed by atoms with van der Waals surface area (Å²) in [5.74, 6) is 0.433. The predicted molar refractivity (Wildman–Crippen MR) is 48.2 cm³/mol. The molecule has 1 atom stereocenters. The van der Waals surface area contributed by atoms with Gasteiger partial charge in [-0.05, 0) is 19.1 Å². The van der Waals surface area contributed by atoms with Crippen molar-refractivity contribution in [2.24, 2.45) is 5.73 Å². The number of fused-ring (bicyclic) bond motifs is 1. The Morgan fingerprint density at radius 1 is 1.62 bits per heavy atom. The van der Waals surface area contributed by atoms with E-state index in [2.05, 4.69) is 0 Å². The van der Waals surface area contributed by atoms with Crippen LogP contribution in [0.1, 0.15) is 12.5 Å². The van der Waals surface area contributed by atoms with Crippen LogP contribution < -0.4 is 10.5 Å². The van der Waals surface area contributed by atoms with Gasteiger partial charge in [-0.15, -0.1) is 0 Å². The third-order valence-corrected chi connectivity index (χ3v) is 2.41. The number of rotatable bonds is 1. The molecule has 0 saturated heterocycles. The smallest absolute Gasteiger partial charge is 0.130 e. The van der Waals surface area contributed by atoms with Crippen molar-refractivity contribution in [2.75, 3.05) is 6.54 Å². The van der Waals surface area contributed by atoms with E-state index in [1.807, 2.05) is 6.92 Å². The van der Waals surface area contributed by atoms with Gasteiger partial charge in [0.15, 0.2) is 0 Å². The Bertz CT molecular complexity index is 340. The molecule has 0 spiro atoms. The first-order valence-corrected chi connectivity index (χ1v) is 4.31. The second kappa shape index (κ2) is 2.70. The molecule has 13 heavy (non-hydrogen) atoms. The Morgan fingerprint density at radius 3 is 3.00 bits per heavy atom. The molecule has 1 aromatic carbocycles. The zero-order valence-electron chi connectivity index (χ0n) is 7.51. The topological polar surface area (TPSA) is 35.2 Å². The fourth-order valence-corrected chi connectivity index (χ4v) is 1.60. The van der Waals surface area contributed by atoms with Crippen molar-refractivity contribution < 1.29 is 9.13 Å². The van der Waals surface area contributed by atoms with Crippen LogP contribution in [0.25, 0.3) is 0 Å². The van der Waals surface area contributed by atoms with Crippen LogP contribution in [0.15, 0.2) is 18.2 Å². The zero-order chi connectivity index (χ0) is 9.47. The highest BCUT2D eigenvalue weighted by atomic mass is 19.1. The molecule has 0 aliphatic carbocycles. The fraction of sp³-hybridized carbons (Fsp3) is 0.400. The standard InChI is InChI=1S/C10H12FNO/c1-10(6-12)5-7-8(11)3-2-4-9(7)13-10/h2-4H,5-6,12H2,1H3. The Balaban J connectivity index is 2.40. The molecule has 2 N–H and O–H groups in total. The second-order valence-electron chi connectivity index (χ2n) is 3.65. The van der Waals surface area contributed by atoms with Gasteiger partial charge in [-0.2, -0.15) is 0 Å².